The van der Waals surface area contributed by atoms with Gasteiger partial charge in [0.25, 0.3) is 0 Å². The van der Waals surface area contributed by atoms with Crippen molar-refractivity contribution in [3.8, 4) is 0 Å². The summed E-state index contributed by atoms with van der Waals surface area (Å²) in [6, 6.07) is 10.9. The lowest BCUT2D eigenvalue weighted by atomic mass is 10.2. The van der Waals surface area contributed by atoms with Gasteiger partial charge in [-0.25, -0.2) is 17.7 Å². The molecule has 0 amide bonds. The summed E-state index contributed by atoms with van der Waals surface area (Å²) in [7, 11) is -0.434. The summed E-state index contributed by atoms with van der Waals surface area (Å²) in [4.78, 5) is 4.83. The molecule has 0 atom stereocenters. The van der Waals surface area contributed by atoms with E-state index in [0.29, 0.717) is 11.5 Å². The zero-order chi connectivity index (χ0) is 19.0. The van der Waals surface area contributed by atoms with E-state index in [1.165, 1.54) is 18.4 Å². The van der Waals surface area contributed by atoms with Gasteiger partial charge in [-0.1, -0.05) is 18.2 Å². The Morgan fingerprint density at radius 3 is 2.41 bits per heavy atom. The first-order valence-electron chi connectivity index (χ1n) is 8.58. The molecule has 0 aliphatic heterocycles. The molecule has 0 fully saturated rings. The van der Waals surface area contributed by atoms with Crippen LogP contribution in [0.3, 0.4) is 0 Å². The SMILES string of the molecule is CCNC(=NCc1ccccc1S(=O)(=O)N(C)C)NCCn1cccc1.I. The van der Waals surface area contributed by atoms with Crippen molar-refractivity contribution in [1.29, 1.82) is 0 Å². The van der Waals surface area contributed by atoms with Crippen LogP contribution in [0.4, 0.5) is 0 Å². The summed E-state index contributed by atoms with van der Waals surface area (Å²) in [6.45, 7) is 4.55. The first-order valence-corrected chi connectivity index (χ1v) is 10.0. The number of hydrogen-bond donors (Lipinski definition) is 2. The second kappa shape index (κ2) is 11.3. The van der Waals surface area contributed by atoms with Crippen molar-refractivity contribution in [3.63, 3.8) is 0 Å². The van der Waals surface area contributed by atoms with Gasteiger partial charge in [0.05, 0.1) is 11.4 Å². The summed E-state index contributed by atoms with van der Waals surface area (Å²) in [5.41, 5.74) is 0.670. The number of nitrogens with zero attached hydrogens (tertiary/aromatic N) is 3. The minimum Gasteiger partial charge on any atom is -0.357 e. The summed E-state index contributed by atoms with van der Waals surface area (Å²) in [5, 5.41) is 6.45. The minimum absolute atomic E-state index is 0. The van der Waals surface area contributed by atoms with Gasteiger partial charge in [-0.2, -0.15) is 0 Å². The van der Waals surface area contributed by atoms with E-state index < -0.39 is 10.0 Å². The Bertz CT molecular complexity index is 820. The molecule has 7 nitrogen and oxygen atoms in total. The van der Waals surface area contributed by atoms with Crippen molar-refractivity contribution in [3.05, 3.63) is 54.4 Å². The molecular weight excluding hydrogens is 477 g/mol. The molecule has 0 spiro atoms. The van der Waals surface area contributed by atoms with Crippen LogP contribution in [0.15, 0.2) is 58.7 Å². The fourth-order valence-electron chi connectivity index (χ4n) is 2.41. The number of hydrogen-bond acceptors (Lipinski definition) is 3. The number of nitrogens with one attached hydrogen (secondary N) is 2. The van der Waals surface area contributed by atoms with Crippen LogP contribution in [0.5, 0.6) is 0 Å². The van der Waals surface area contributed by atoms with Gasteiger partial charge in [0.15, 0.2) is 5.96 Å². The van der Waals surface area contributed by atoms with Crippen molar-refractivity contribution in [2.24, 2.45) is 4.99 Å². The number of guanidine groups is 1. The molecule has 0 saturated heterocycles. The Labute approximate surface area is 178 Å². The first kappa shape index (κ1) is 23.4. The number of sulfonamides is 1. The predicted molar refractivity (Wildman–Crippen MR) is 120 cm³/mol. The molecule has 0 aliphatic carbocycles. The Hall–Kier alpha value is -1.59. The Morgan fingerprint density at radius 1 is 1.11 bits per heavy atom. The molecule has 2 aromatic rings. The van der Waals surface area contributed by atoms with E-state index >= 15 is 0 Å². The van der Waals surface area contributed by atoms with Crippen LogP contribution in [-0.2, 0) is 23.1 Å². The molecule has 1 heterocycles. The maximum atomic E-state index is 12.5. The summed E-state index contributed by atoms with van der Waals surface area (Å²) < 4.78 is 28.2. The van der Waals surface area contributed by atoms with Crippen molar-refractivity contribution >= 4 is 40.0 Å². The maximum Gasteiger partial charge on any atom is 0.242 e. The third kappa shape index (κ3) is 6.82. The van der Waals surface area contributed by atoms with Crippen LogP contribution in [0, 0.1) is 0 Å². The molecule has 150 valence electrons. The number of rotatable bonds is 8. The molecule has 0 unspecified atom stereocenters. The highest BCUT2D eigenvalue weighted by Crippen LogP contribution is 2.19. The summed E-state index contributed by atoms with van der Waals surface area (Å²) >= 11 is 0. The van der Waals surface area contributed by atoms with Gasteiger partial charge < -0.3 is 15.2 Å². The molecule has 0 bridgehead atoms. The van der Waals surface area contributed by atoms with Gasteiger partial charge in [0.2, 0.25) is 10.0 Å². The van der Waals surface area contributed by atoms with E-state index in [-0.39, 0.29) is 35.4 Å². The van der Waals surface area contributed by atoms with Crippen molar-refractivity contribution < 1.29 is 8.42 Å². The average molecular weight is 505 g/mol. The fourth-order valence-corrected chi connectivity index (χ4v) is 3.52. The van der Waals surface area contributed by atoms with E-state index in [4.69, 9.17) is 0 Å². The van der Waals surface area contributed by atoms with Crippen LogP contribution in [0.25, 0.3) is 0 Å². The van der Waals surface area contributed by atoms with E-state index in [0.717, 1.165) is 19.6 Å². The van der Waals surface area contributed by atoms with Gasteiger partial charge in [-0.05, 0) is 30.7 Å². The van der Waals surface area contributed by atoms with Crippen molar-refractivity contribution in [2.45, 2.75) is 24.9 Å². The normalized spacial score (nSPS) is 11.9. The van der Waals surface area contributed by atoms with Crippen LogP contribution < -0.4 is 10.6 Å². The molecule has 2 rings (SSSR count). The zero-order valence-electron chi connectivity index (χ0n) is 15.9. The van der Waals surface area contributed by atoms with Crippen LogP contribution in [-0.4, -0.2) is 50.4 Å². The topological polar surface area (TPSA) is 78.7 Å². The largest absolute Gasteiger partial charge is 0.357 e. The second-order valence-electron chi connectivity index (χ2n) is 5.94. The summed E-state index contributed by atoms with van der Waals surface area (Å²) in [5.74, 6) is 0.664. The third-order valence-corrected chi connectivity index (χ3v) is 5.73. The number of halogens is 1. The highest BCUT2D eigenvalue weighted by atomic mass is 127. The van der Waals surface area contributed by atoms with Crippen LogP contribution in [0.2, 0.25) is 0 Å². The van der Waals surface area contributed by atoms with E-state index in [1.54, 1.807) is 18.2 Å². The molecule has 9 heteroatoms. The highest BCUT2D eigenvalue weighted by molar-refractivity contribution is 14.0. The van der Waals surface area contributed by atoms with Gasteiger partial charge in [-0.15, -0.1) is 24.0 Å². The molecular formula is C18H28IN5O2S. The molecule has 0 radical (unpaired) electrons. The molecule has 1 aromatic carbocycles. The first-order chi connectivity index (χ1) is 12.4. The molecule has 1 aromatic heterocycles. The van der Waals surface area contributed by atoms with Crippen LogP contribution >= 0.6 is 24.0 Å². The third-order valence-electron chi connectivity index (χ3n) is 3.81. The molecule has 27 heavy (non-hydrogen) atoms. The molecule has 0 aliphatic rings. The Balaban J connectivity index is 0.00000364. The van der Waals surface area contributed by atoms with Gasteiger partial charge in [0, 0.05) is 46.1 Å². The second-order valence-corrected chi connectivity index (χ2v) is 8.06. The lowest BCUT2D eigenvalue weighted by Crippen LogP contribution is -2.38. The van der Waals surface area contributed by atoms with E-state index in [1.807, 2.05) is 37.5 Å². The highest BCUT2D eigenvalue weighted by Gasteiger charge is 2.20. The number of aromatic nitrogens is 1. The van der Waals surface area contributed by atoms with Gasteiger partial charge in [-0.3, -0.25) is 0 Å². The lowest BCUT2D eigenvalue weighted by Gasteiger charge is -2.15. The molecule has 2 N–H and O–H groups in total. The quantitative estimate of drug-likeness (QED) is 0.328. The minimum atomic E-state index is -3.49. The standard InChI is InChI=1S/C18H27N5O2S.HI/c1-4-19-18(20-11-14-23-12-7-8-13-23)21-15-16-9-5-6-10-17(16)26(24,25)22(2)3;/h5-10,12-13H,4,11,14-15H2,1-3H3,(H2,19,20,21);1H. The van der Waals surface area contributed by atoms with Gasteiger partial charge in [0.1, 0.15) is 0 Å². The van der Waals surface area contributed by atoms with E-state index in [9.17, 15) is 8.42 Å². The smallest absolute Gasteiger partial charge is 0.242 e. The van der Waals surface area contributed by atoms with E-state index in [2.05, 4.69) is 20.2 Å². The van der Waals surface area contributed by atoms with Crippen molar-refractivity contribution in [2.75, 3.05) is 27.2 Å². The number of aliphatic imine (C=N–C) groups is 1. The van der Waals surface area contributed by atoms with Crippen molar-refractivity contribution in [1.82, 2.24) is 19.5 Å². The zero-order valence-corrected chi connectivity index (χ0v) is 19.1. The van der Waals surface area contributed by atoms with Gasteiger partial charge >= 0.3 is 0 Å². The predicted octanol–water partition coefficient (Wildman–Crippen LogP) is 2.11. The fraction of sp³-hybridized carbons (Fsp3) is 0.389. The van der Waals surface area contributed by atoms with Crippen LogP contribution in [0.1, 0.15) is 12.5 Å². The lowest BCUT2D eigenvalue weighted by molar-refractivity contribution is 0.519. The monoisotopic (exact) mass is 505 g/mol. The Morgan fingerprint density at radius 2 is 1.78 bits per heavy atom. The average Bonchev–Trinajstić information content (AvgIpc) is 3.13. The maximum absolute atomic E-state index is 12.5. The number of benzene rings is 1. The Kier molecular flexibility index (Phi) is 9.81. The summed E-state index contributed by atoms with van der Waals surface area (Å²) in [6.07, 6.45) is 4.02. The molecule has 0 saturated carbocycles.